The van der Waals surface area contributed by atoms with Crippen LogP contribution in [0.4, 0.5) is 0 Å². The molecule has 0 saturated carbocycles. The van der Waals surface area contributed by atoms with Crippen LogP contribution in [0.2, 0.25) is 0 Å². The number of methoxy groups -OCH3 is 1. The molecule has 0 bridgehead atoms. The number of ether oxygens (including phenoxy) is 1. The Labute approximate surface area is 174 Å². The van der Waals surface area contributed by atoms with Crippen LogP contribution in [0.25, 0.3) is 6.08 Å². The second-order valence-electron chi connectivity index (χ2n) is 6.36. The average molecular weight is 407 g/mol. The Morgan fingerprint density at radius 1 is 1.00 bits per heavy atom. The Hall–Kier alpha value is -3.38. The number of thiophene rings is 1. The molecule has 0 aliphatic rings. The van der Waals surface area contributed by atoms with E-state index in [0.717, 1.165) is 16.2 Å². The molecule has 3 aromatic rings. The van der Waals surface area contributed by atoms with E-state index in [-0.39, 0.29) is 23.6 Å². The highest BCUT2D eigenvalue weighted by Gasteiger charge is 2.17. The highest BCUT2D eigenvalue weighted by atomic mass is 32.1. The number of rotatable bonds is 7. The minimum Gasteiger partial charge on any atom is -0.497 e. The zero-order valence-electron chi connectivity index (χ0n) is 16.2. The zero-order valence-corrected chi connectivity index (χ0v) is 17.0. The minimum atomic E-state index is -0.356. The van der Waals surface area contributed by atoms with E-state index in [9.17, 15) is 9.59 Å². The van der Waals surface area contributed by atoms with E-state index in [4.69, 9.17) is 4.74 Å². The van der Waals surface area contributed by atoms with Crippen molar-refractivity contribution in [1.82, 2.24) is 10.6 Å². The van der Waals surface area contributed by atoms with E-state index in [1.54, 1.807) is 37.5 Å². The first-order valence-corrected chi connectivity index (χ1v) is 10.0. The molecule has 29 heavy (non-hydrogen) atoms. The number of amides is 2. The molecule has 6 heteroatoms. The number of benzene rings is 2. The predicted molar refractivity (Wildman–Crippen MR) is 116 cm³/mol. The highest BCUT2D eigenvalue weighted by Crippen LogP contribution is 2.18. The molecule has 0 unspecified atom stereocenters. The average Bonchev–Trinajstić information content (AvgIpc) is 3.27. The van der Waals surface area contributed by atoms with Crippen LogP contribution < -0.4 is 15.4 Å². The fourth-order valence-corrected chi connectivity index (χ4v) is 3.37. The van der Waals surface area contributed by atoms with Crippen LogP contribution in [0.15, 0.2) is 77.8 Å². The van der Waals surface area contributed by atoms with Crippen molar-refractivity contribution in [2.45, 2.75) is 13.0 Å². The highest BCUT2D eigenvalue weighted by molar-refractivity contribution is 7.10. The van der Waals surface area contributed by atoms with Gasteiger partial charge in [0.05, 0.1) is 13.2 Å². The molecular formula is C23H22N2O3S. The largest absolute Gasteiger partial charge is 0.497 e. The summed E-state index contributed by atoms with van der Waals surface area (Å²) >= 11 is 1.49. The molecule has 2 aromatic carbocycles. The summed E-state index contributed by atoms with van der Waals surface area (Å²) in [6.45, 7) is 1.89. The topological polar surface area (TPSA) is 67.4 Å². The molecule has 3 rings (SSSR count). The molecule has 0 saturated heterocycles. The van der Waals surface area contributed by atoms with E-state index >= 15 is 0 Å². The lowest BCUT2D eigenvalue weighted by atomic mass is 10.1. The van der Waals surface area contributed by atoms with Crippen LogP contribution >= 0.6 is 11.3 Å². The van der Waals surface area contributed by atoms with Crippen LogP contribution in [0.3, 0.4) is 0 Å². The Morgan fingerprint density at radius 3 is 2.34 bits per heavy atom. The van der Waals surface area contributed by atoms with Crippen molar-refractivity contribution in [3.05, 3.63) is 93.8 Å². The van der Waals surface area contributed by atoms with Gasteiger partial charge < -0.3 is 15.4 Å². The van der Waals surface area contributed by atoms with Crippen LogP contribution in [-0.4, -0.2) is 18.9 Å². The normalized spacial score (nSPS) is 12.1. The van der Waals surface area contributed by atoms with Crippen molar-refractivity contribution in [3.8, 4) is 5.75 Å². The molecule has 148 valence electrons. The van der Waals surface area contributed by atoms with Gasteiger partial charge in [0.2, 0.25) is 0 Å². The first-order valence-electron chi connectivity index (χ1n) is 9.13. The maximum atomic E-state index is 12.9. The molecule has 1 heterocycles. The van der Waals surface area contributed by atoms with Gasteiger partial charge in [-0.15, -0.1) is 11.3 Å². The van der Waals surface area contributed by atoms with Crippen LogP contribution in [0, 0.1) is 0 Å². The monoisotopic (exact) mass is 406 g/mol. The summed E-state index contributed by atoms with van der Waals surface area (Å²) in [5.41, 5.74) is 1.62. The molecular weight excluding hydrogens is 384 g/mol. The first-order chi connectivity index (χ1) is 14.1. The SMILES string of the molecule is COc1ccc([C@H](C)NC(=O)/C(=C/c2cccs2)NC(=O)c2ccccc2)cc1. The van der Waals surface area contributed by atoms with Gasteiger partial charge in [0.1, 0.15) is 11.4 Å². The van der Waals surface area contributed by atoms with E-state index in [0.29, 0.717) is 5.56 Å². The maximum Gasteiger partial charge on any atom is 0.268 e. The number of hydrogen-bond acceptors (Lipinski definition) is 4. The van der Waals surface area contributed by atoms with Crippen molar-refractivity contribution in [2.75, 3.05) is 7.11 Å². The Morgan fingerprint density at radius 2 is 1.72 bits per heavy atom. The fraction of sp³-hybridized carbons (Fsp3) is 0.130. The molecule has 5 nitrogen and oxygen atoms in total. The summed E-state index contributed by atoms with van der Waals surface area (Å²) in [6, 6.07) is 19.8. The summed E-state index contributed by atoms with van der Waals surface area (Å²) in [7, 11) is 1.61. The summed E-state index contributed by atoms with van der Waals surface area (Å²) < 4.78 is 5.17. The van der Waals surface area contributed by atoms with E-state index in [2.05, 4.69) is 10.6 Å². The van der Waals surface area contributed by atoms with Crippen LogP contribution in [0.5, 0.6) is 5.75 Å². The van der Waals surface area contributed by atoms with Crippen LogP contribution in [0.1, 0.15) is 33.8 Å². The van der Waals surface area contributed by atoms with Crippen molar-refractivity contribution in [2.24, 2.45) is 0 Å². The van der Waals surface area contributed by atoms with Gasteiger partial charge >= 0.3 is 0 Å². The number of hydrogen-bond donors (Lipinski definition) is 2. The molecule has 2 amide bonds. The Bertz CT molecular complexity index is 981. The van der Waals surface area contributed by atoms with Gasteiger partial charge in [-0.05, 0) is 54.3 Å². The van der Waals surface area contributed by atoms with Gasteiger partial charge in [-0.25, -0.2) is 0 Å². The number of carbonyl (C=O) groups excluding carboxylic acids is 2. The third kappa shape index (κ3) is 5.56. The molecule has 0 radical (unpaired) electrons. The van der Waals surface area contributed by atoms with E-state index < -0.39 is 0 Å². The number of carbonyl (C=O) groups is 2. The van der Waals surface area contributed by atoms with Crippen molar-refractivity contribution in [1.29, 1.82) is 0 Å². The summed E-state index contributed by atoms with van der Waals surface area (Å²) in [5, 5.41) is 7.61. The van der Waals surface area contributed by atoms with Gasteiger partial charge in [0.15, 0.2) is 0 Å². The smallest absolute Gasteiger partial charge is 0.268 e. The lowest BCUT2D eigenvalue weighted by Gasteiger charge is -2.17. The predicted octanol–water partition coefficient (Wildman–Crippen LogP) is 4.41. The fourth-order valence-electron chi connectivity index (χ4n) is 2.71. The summed E-state index contributed by atoms with van der Waals surface area (Å²) in [4.78, 5) is 26.4. The molecule has 0 fully saturated rings. The van der Waals surface area contributed by atoms with Gasteiger partial charge in [-0.3, -0.25) is 9.59 Å². The van der Waals surface area contributed by atoms with Gasteiger partial charge in [0, 0.05) is 10.4 Å². The quantitative estimate of drug-likeness (QED) is 0.571. The molecule has 0 spiro atoms. The second kappa shape index (κ2) is 9.71. The number of nitrogens with one attached hydrogen (secondary N) is 2. The molecule has 2 N–H and O–H groups in total. The molecule has 0 aliphatic heterocycles. The third-order valence-electron chi connectivity index (χ3n) is 4.32. The summed E-state index contributed by atoms with van der Waals surface area (Å²) in [5.74, 6) is 0.0623. The Kier molecular flexibility index (Phi) is 6.81. The van der Waals surface area contributed by atoms with Crippen LogP contribution in [-0.2, 0) is 4.79 Å². The van der Waals surface area contributed by atoms with E-state index in [1.807, 2.05) is 54.8 Å². The standard InChI is InChI=1S/C23H22N2O3S/c1-16(17-10-12-19(28-2)13-11-17)24-23(27)21(15-20-9-6-14-29-20)25-22(26)18-7-4-3-5-8-18/h3-16H,1-2H3,(H,24,27)(H,25,26)/b21-15-/t16-/m0/s1. The van der Waals surface area contributed by atoms with Gasteiger partial charge in [-0.1, -0.05) is 36.4 Å². The van der Waals surface area contributed by atoms with Crippen molar-refractivity contribution < 1.29 is 14.3 Å². The molecule has 1 aromatic heterocycles. The van der Waals surface area contributed by atoms with Gasteiger partial charge in [0.25, 0.3) is 11.8 Å². The molecule has 1 atom stereocenters. The van der Waals surface area contributed by atoms with Crippen molar-refractivity contribution >= 4 is 29.2 Å². The zero-order chi connectivity index (χ0) is 20.6. The van der Waals surface area contributed by atoms with Crippen molar-refractivity contribution in [3.63, 3.8) is 0 Å². The maximum absolute atomic E-state index is 12.9. The van der Waals surface area contributed by atoms with E-state index in [1.165, 1.54) is 11.3 Å². The third-order valence-corrected chi connectivity index (χ3v) is 5.14. The Balaban J connectivity index is 1.77. The second-order valence-corrected chi connectivity index (χ2v) is 7.34. The lowest BCUT2D eigenvalue weighted by Crippen LogP contribution is -2.36. The first kappa shape index (κ1) is 20.4. The van der Waals surface area contributed by atoms with Gasteiger partial charge in [-0.2, -0.15) is 0 Å². The lowest BCUT2D eigenvalue weighted by molar-refractivity contribution is -0.118. The molecule has 0 aliphatic carbocycles. The summed E-state index contributed by atoms with van der Waals surface area (Å²) in [6.07, 6.45) is 1.68. The minimum absolute atomic E-state index is 0.196.